The van der Waals surface area contributed by atoms with Crippen molar-refractivity contribution < 1.29 is 0 Å². The summed E-state index contributed by atoms with van der Waals surface area (Å²) in [5, 5.41) is 0. The molecular weight excluding hydrogens is 504 g/mol. The quantitative estimate of drug-likeness (QED) is 0.143. The summed E-state index contributed by atoms with van der Waals surface area (Å²) < 4.78 is 0.845. The summed E-state index contributed by atoms with van der Waals surface area (Å²) in [5.74, 6) is 3.15. The number of rotatable bonds is 0. The highest BCUT2D eigenvalue weighted by Gasteiger charge is 2.07. The van der Waals surface area contributed by atoms with E-state index in [-0.39, 0.29) is 0 Å². The first-order chi connectivity index (χ1) is 15.5. The molecule has 4 aromatic rings. The number of hydrogen-bond acceptors (Lipinski definition) is 4. The lowest BCUT2D eigenvalue weighted by atomic mass is 10.3. The smallest absolute Gasteiger partial charge is 0.129 e. The van der Waals surface area contributed by atoms with Gasteiger partial charge in [-0.3, -0.25) is 9.97 Å². The van der Waals surface area contributed by atoms with Crippen molar-refractivity contribution in [1.29, 1.82) is 0 Å². The Morgan fingerprint density at radius 2 is 1.21 bits per heavy atom. The van der Waals surface area contributed by atoms with Crippen LogP contribution in [-0.4, -0.2) is 36.1 Å². The van der Waals surface area contributed by atoms with Crippen molar-refractivity contribution in [3.05, 3.63) is 71.2 Å². The lowest BCUT2D eigenvalue weighted by Gasteiger charge is -2.03. The van der Waals surface area contributed by atoms with Gasteiger partial charge in [-0.2, -0.15) is 0 Å². The molecule has 0 atom stereocenters. The number of halogens is 1. The fraction of sp³-hybridized carbons (Fsp3) is 0.231. The maximum Gasteiger partial charge on any atom is 0.129 e. The van der Waals surface area contributed by atoms with Gasteiger partial charge in [0, 0.05) is 12.4 Å². The standard InChI is InChI=1S/C13H14N2Si.C8H5BrN2.C5H10Si/c1-16(2,3)10-8-11-6-7-12-13(15-11)5-4-9-14-12;9-8-4-3-6-7(11-8)2-1-5-10-6;1-5-6(2,3)4/h4-7,9H,1-3H3;1-5H;1H,2-4H3. The van der Waals surface area contributed by atoms with Crippen molar-refractivity contribution in [1.82, 2.24) is 19.9 Å². The van der Waals surface area contributed by atoms with Gasteiger partial charge in [-0.05, 0) is 64.5 Å². The van der Waals surface area contributed by atoms with Gasteiger partial charge in [0.25, 0.3) is 0 Å². The van der Waals surface area contributed by atoms with E-state index in [9.17, 15) is 0 Å². The van der Waals surface area contributed by atoms with Gasteiger partial charge in [0.1, 0.15) is 26.4 Å². The van der Waals surface area contributed by atoms with Gasteiger partial charge in [-0.25, -0.2) is 9.97 Å². The molecule has 33 heavy (non-hydrogen) atoms. The second-order valence-corrected chi connectivity index (χ2v) is 19.7. The molecule has 0 unspecified atom stereocenters. The second-order valence-electron chi connectivity index (χ2n) is 9.31. The Morgan fingerprint density at radius 1 is 0.697 bits per heavy atom. The molecule has 0 aliphatic carbocycles. The Bertz CT molecular complexity index is 1320. The minimum absolute atomic E-state index is 0.836. The average Bonchev–Trinajstić information content (AvgIpc) is 2.77. The monoisotopic (exact) mass is 532 g/mol. The molecule has 4 aromatic heterocycles. The Balaban J connectivity index is 0.000000196. The van der Waals surface area contributed by atoms with Crippen molar-refractivity contribution in [3.8, 4) is 23.4 Å². The van der Waals surface area contributed by atoms with E-state index in [0.29, 0.717) is 0 Å². The molecule has 0 amide bonds. The van der Waals surface area contributed by atoms with Gasteiger partial charge in [0.05, 0.1) is 22.1 Å². The van der Waals surface area contributed by atoms with Crippen LogP contribution in [0.2, 0.25) is 39.3 Å². The highest BCUT2D eigenvalue weighted by Crippen LogP contribution is 2.12. The zero-order valence-corrected chi connectivity index (χ0v) is 23.6. The molecule has 0 aromatic carbocycles. The molecule has 0 aliphatic rings. The largest absolute Gasteiger partial charge is 0.255 e. The van der Waals surface area contributed by atoms with Gasteiger partial charge in [-0.15, -0.1) is 17.5 Å². The lowest BCUT2D eigenvalue weighted by Crippen LogP contribution is -2.16. The lowest BCUT2D eigenvalue weighted by molar-refractivity contribution is 1.30. The van der Waals surface area contributed by atoms with E-state index < -0.39 is 16.1 Å². The van der Waals surface area contributed by atoms with Crippen LogP contribution < -0.4 is 0 Å². The third-order valence-electron chi connectivity index (χ3n) is 3.88. The van der Waals surface area contributed by atoms with E-state index >= 15 is 0 Å². The fourth-order valence-electron chi connectivity index (χ4n) is 2.21. The highest BCUT2D eigenvalue weighted by atomic mass is 79.9. The minimum atomic E-state index is -1.32. The molecule has 0 saturated heterocycles. The Kier molecular flexibility index (Phi) is 9.48. The number of nitrogens with zero attached hydrogens (tertiary/aromatic N) is 4. The highest BCUT2D eigenvalue weighted by molar-refractivity contribution is 9.10. The third kappa shape index (κ3) is 10.1. The third-order valence-corrected chi connectivity index (χ3v) is 6.06. The van der Waals surface area contributed by atoms with Gasteiger partial charge < -0.3 is 0 Å². The maximum absolute atomic E-state index is 5.12. The molecule has 0 saturated carbocycles. The fourth-order valence-corrected chi connectivity index (χ4v) is 3.04. The topological polar surface area (TPSA) is 51.6 Å². The first kappa shape index (κ1) is 26.4. The van der Waals surface area contributed by atoms with Gasteiger partial charge in [0.2, 0.25) is 0 Å². The Hall–Kier alpha value is -2.85. The summed E-state index contributed by atoms with van der Waals surface area (Å²) in [4.78, 5) is 17.1. The average molecular weight is 534 g/mol. The van der Waals surface area contributed by atoms with Gasteiger partial charge in [0.15, 0.2) is 0 Å². The summed E-state index contributed by atoms with van der Waals surface area (Å²) in [6.45, 7) is 13.1. The molecule has 0 aliphatic heterocycles. The van der Waals surface area contributed by atoms with Crippen LogP contribution in [0.5, 0.6) is 0 Å². The molecule has 7 heteroatoms. The van der Waals surface area contributed by atoms with Gasteiger partial charge in [-0.1, -0.05) is 45.2 Å². The van der Waals surface area contributed by atoms with Crippen LogP contribution in [0.15, 0.2) is 65.5 Å². The van der Waals surface area contributed by atoms with Crippen molar-refractivity contribution in [2.75, 3.05) is 0 Å². The number of terminal acetylenes is 1. The van der Waals surface area contributed by atoms with Crippen LogP contribution in [-0.2, 0) is 0 Å². The zero-order chi connectivity index (χ0) is 24.5. The summed E-state index contributed by atoms with van der Waals surface area (Å²) in [5.41, 5.74) is 10.6. The molecule has 0 N–H and O–H groups in total. The van der Waals surface area contributed by atoms with E-state index in [4.69, 9.17) is 6.42 Å². The van der Waals surface area contributed by atoms with Crippen molar-refractivity contribution in [3.63, 3.8) is 0 Å². The van der Waals surface area contributed by atoms with E-state index in [0.717, 1.165) is 32.4 Å². The molecule has 4 nitrogen and oxygen atoms in total. The van der Waals surface area contributed by atoms with E-state index in [1.54, 1.807) is 12.4 Å². The van der Waals surface area contributed by atoms with E-state index in [1.165, 1.54) is 0 Å². The zero-order valence-electron chi connectivity index (χ0n) is 20.0. The SMILES string of the molecule is Brc1ccc2ncccc2n1.C#C[Si](C)(C)C.C[Si](C)(C)C#Cc1ccc2ncccc2n1. The van der Waals surface area contributed by atoms with Crippen molar-refractivity contribution >= 4 is 54.1 Å². The number of hydrogen-bond donors (Lipinski definition) is 0. The summed E-state index contributed by atoms with van der Waals surface area (Å²) in [6, 6.07) is 15.4. The van der Waals surface area contributed by atoms with Gasteiger partial charge >= 0.3 is 0 Å². The first-order valence-corrected chi connectivity index (χ1v) is 18.4. The van der Waals surface area contributed by atoms with Crippen LogP contribution >= 0.6 is 15.9 Å². The molecule has 0 radical (unpaired) electrons. The molecular formula is C26H29BrN4Si2. The van der Waals surface area contributed by atoms with Crippen molar-refractivity contribution in [2.24, 2.45) is 0 Å². The number of pyridine rings is 4. The maximum atomic E-state index is 5.12. The van der Waals surface area contributed by atoms with E-state index in [1.807, 2.05) is 48.5 Å². The normalized spacial score (nSPS) is 10.6. The summed E-state index contributed by atoms with van der Waals surface area (Å²) in [6.07, 6.45) is 8.65. The summed E-state index contributed by atoms with van der Waals surface area (Å²) in [7, 11) is -2.43. The molecule has 168 valence electrons. The molecule has 0 spiro atoms. The summed E-state index contributed by atoms with van der Waals surface area (Å²) >= 11 is 3.29. The molecule has 4 rings (SSSR count). The predicted molar refractivity (Wildman–Crippen MR) is 149 cm³/mol. The predicted octanol–water partition coefficient (Wildman–Crippen LogP) is 6.75. The Morgan fingerprint density at radius 3 is 1.73 bits per heavy atom. The van der Waals surface area contributed by atoms with Crippen LogP contribution in [0.3, 0.4) is 0 Å². The molecule has 0 bridgehead atoms. The van der Waals surface area contributed by atoms with Crippen LogP contribution in [0.25, 0.3) is 22.1 Å². The van der Waals surface area contributed by atoms with Crippen molar-refractivity contribution in [2.45, 2.75) is 39.3 Å². The Labute approximate surface area is 207 Å². The van der Waals surface area contributed by atoms with Crippen LogP contribution in [0.1, 0.15) is 5.69 Å². The molecule has 0 fully saturated rings. The second kappa shape index (κ2) is 11.9. The number of aromatic nitrogens is 4. The minimum Gasteiger partial charge on any atom is -0.255 e. The molecule has 4 heterocycles. The first-order valence-electron chi connectivity index (χ1n) is 10.6. The van der Waals surface area contributed by atoms with Crippen LogP contribution in [0.4, 0.5) is 0 Å². The number of fused-ring (bicyclic) bond motifs is 2. The van der Waals surface area contributed by atoms with E-state index in [2.05, 4.69) is 92.2 Å². The van der Waals surface area contributed by atoms with Crippen LogP contribution in [0, 0.1) is 23.4 Å².